The lowest BCUT2D eigenvalue weighted by Gasteiger charge is -2.25. The van der Waals surface area contributed by atoms with Gasteiger partial charge in [0.2, 0.25) is 5.91 Å². The average molecular weight is 306 g/mol. The van der Waals surface area contributed by atoms with E-state index >= 15 is 0 Å². The molecule has 0 aromatic carbocycles. The molecule has 2 heterocycles. The van der Waals surface area contributed by atoms with E-state index in [1.54, 1.807) is 17.6 Å². The highest BCUT2D eigenvalue weighted by Crippen LogP contribution is 2.15. The van der Waals surface area contributed by atoms with Crippen molar-refractivity contribution in [3.63, 3.8) is 0 Å². The summed E-state index contributed by atoms with van der Waals surface area (Å²) in [4.78, 5) is 15.5. The number of rotatable bonds is 6. The van der Waals surface area contributed by atoms with Gasteiger partial charge in [0, 0.05) is 10.4 Å². The topological polar surface area (TPSA) is 45.5 Å². The van der Waals surface area contributed by atoms with E-state index in [1.165, 1.54) is 4.88 Å². The molecule has 114 valence electrons. The number of thiophene rings is 1. The van der Waals surface area contributed by atoms with Gasteiger partial charge < -0.3 is 14.6 Å². The Kier molecular flexibility index (Phi) is 5.20. The van der Waals surface area contributed by atoms with Crippen molar-refractivity contribution in [2.75, 3.05) is 6.54 Å². The summed E-state index contributed by atoms with van der Waals surface area (Å²) >= 11 is 1.66. The summed E-state index contributed by atoms with van der Waals surface area (Å²) in [5.74, 6) is 0.880. The molecule has 0 bridgehead atoms. The highest BCUT2D eigenvalue weighted by molar-refractivity contribution is 7.09. The van der Waals surface area contributed by atoms with E-state index in [0.717, 1.165) is 5.76 Å². The van der Waals surface area contributed by atoms with Crippen molar-refractivity contribution in [1.82, 2.24) is 10.2 Å². The molecule has 2 aromatic rings. The number of hydrogen-bond donors (Lipinski definition) is 1. The van der Waals surface area contributed by atoms with Gasteiger partial charge in [-0.15, -0.1) is 11.3 Å². The van der Waals surface area contributed by atoms with Crippen molar-refractivity contribution in [2.24, 2.45) is 0 Å². The summed E-state index contributed by atoms with van der Waals surface area (Å²) in [6.45, 7) is 7.59. The molecule has 0 spiro atoms. The maximum absolute atomic E-state index is 12.5. The van der Waals surface area contributed by atoms with Crippen molar-refractivity contribution in [2.45, 2.75) is 39.4 Å². The molecule has 0 fully saturated rings. The maximum Gasteiger partial charge on any atom is 0.237 e. The second kappa shape index (κ2) is 6.91. The van der Waals surface area contributed by atoms with E-state index in [-0.39, 0.29) is 11.4 Å². The molecule has 1 amide bonds. The van der Waals surface area contributed by atoms with Crippen molar-refractivity contribution < 1.29 is 9.21 Å². The third kappa shape index (κ3) is 5.36. The molecule has 0 atom stereocenters. The van der Waals surface area contributed by atoms with Crippen LogP contribution < -0.4 is 5.32 Å². The zero-order valence-corrected chi connectivity index (χ0v) is 13.6. The molecule has 0 saturated heterocycles. The fourth-order valence-corrected chi connectivity index (χ4v) is 2.59. The van der Waals surface area contributed by atoms with Crippen LogP contribution in [0.15, 0.2) is 40.3 Å². The standard InChI is InChI=1S/C16H22N2O2S/c1-16(2,3)17-10-15(19)18(11-13-6-4-8-20-13)12-14-7-5-9-21-14/h4-9,17H,10-12H2,1-3H3. The number of nitrogens with zero attached hydrogens (tertiary/aromatic N) is 1. The molecule has 0 aliphatic rings. The molecule has 1 N–H and O–H groups in total. The first kappa shape index (κ1) is 15.8. The van der Waals surface area contributed by atoms with Gasteiger partial charge in [0.25, 0.3) is 0 Å². The largest absolute Gasteiger partial charge is 0.467 e. The summed E-state index contributed by atoms with van der Waals surface area (Å²) in [5.41, 5.74) is -0.0745. The quantitative estimate of drug-likeness (QED) is 0.891. The van der Waals surface area contributed by atoms with E-state index in [4.69, 9.17) is 4.42 Å². The van der Waals surface area contributed by atoms with Crippen LogP contribution in [0.3, 0.4) is 0 Å². The van der Waals surface area contributed by atoms with Crippen LogP contribution in [0, 0.1) is 0 Å². The van der Waals surface area contributed by atoms with Crippen molar-refractivity contribution in [3.8, 4) is 0 Å². The highest BCUT2D eigenvalue weighted by atomic mass is 32.1. The molecule has 2 aromatic heterocycles. The number of hydrogen-bond acceptors (Lipinski definition) is 4. The Morgan fingerprint density at radius 2 is 2.10 bits per heavy atom. The van der Waals surface area contributed by atoms with Gasteiger partial charge in [0.1, 0.15) is 5.76 Å². The van der Waals surface area contributed by atoms with Crippen LogP contribution in [0.25, 0.3) is 0 Å². The van der Waals surface area contributed by atoms with E-state index in [1.807, 2.05) is 34.5 Å². The minimum Gasteiger partial charge on any atom is -0.467 e. The van der Waals surface area contributed by atoms with Crippen molar-refractivity contribution in [1.29, 1.82) is 0 Å². The van der Waals surface area contributed by atoms with Crippen molar-refractivity contribution >= 4 is 17.2 Å². The van der Waals surface area contributed by atoms with Gasteiger partial charge in [-0.25, -0.2) is 0 Å². The lowest BCUT2D eigenvalue weighted by Crippen LogP contribution is -2.44. The zero-order chi connectivity index (χ0) is 15.3. The second-order valence-electron chi connectivity index (χ2n) is 6.01. The minimum absolute atomic E-state index is 0.0745. The predicted molar refractivity (Wildman–Crippen MR) is 85.0 cm³/mol. The van der Waals surface area contributed by atoms with Crippen LogP contribution in [0.5, 0.6) is 0 Å². The molecule has 0 unspecified atom stereocenters. The first-order chi connectivity index (χ1) is 9.94. The van der Waals surface area contributed by atoms with Crippen LogP contribution >= 0.6 is 11.3 Å². The van der Waals surface area contributed by atoms with Crippen LogP contribution in [-0.4, -0.2) is 22.9 Å². The van der Waals surface area contributed by atoms with Crippen LogP contribution in [-0.2, 0) is 17.9 Å². The second-order valence-corrected chi connectivity index (χ2v) is 7.04. The Morgan fingerprint density at radius 1 is 1.29 bits per heavy atom. The lowest BCUT2D eigenvalue weighted by atomic mass is 10.1. The van der Waals surface area contributed by atoms with Gasteiger partial charge >= 0.3 is 0 Å². The minimum atomic E-state index is -0.0745. The van der Waals surface area contributed by atoms with E-state index in [0.29, 0.717) is 19.6 Å². The van der Waals surface area contributed by atoms with E-state index in [2.05, 4.69) is 26.1 Å². The zero-order valence-electron chi connectivity index (χ0n) is 12.8. The molecule has 0 aliphatic heterocycles. The Balaban J connectivity index is 2.01. The van der Waals surface area contributed by atoms with E-state index < -0.39 is 0 Å². The van der Waals surface area contributed by atoms with Gasteiger partial charge in [-0.3, -0.25) is 4.79 Å². The molecular formula is C16H22N2O2S. The van der Waals surface area contributed by atoms with Gasteiger partial charge in [-0.2, -0.15) is 0 Å². The smallest absolute Gasteiger partial charge is 0.237 e. The Hall–Kier alpha value is -1.59. The molecule has 5 heteroatoms. The van der Waals surface area contributed by atoms with Gasteiger partial charge in [0.15, 0.2) is 0 Å². The number of nitrogens with one attached hydrogen (secondary N) is 1. The Bertz CT molecular complexity index is 505. The van der Waals surface area contributed by atoms with Crippen LogP contribution in [0.1, 0.15) is 31.4 Å². The summed E-state index contributed by atoms with van der Waals surface area (Å²) in [5, 5.41) is 5.27. The summed E-state index contributed by atoms with van der Waals surface area (Å²) in [6.07, 6.45) is 1.64. The fraction of sp³-hybridized carbons (Fsp3) is 0.438. The summed E-state index contributed by atoms with van der Waals surface area (Å²) < 4.78 is 5.37. The fourth-order valence-electron chi connectivity index (χ4n) is 1.87. The molecule has 21 heavy (non-hydrogen) atoms. The third-order valence-corrected chi connectivity index (χ3v) is 3.84. The predicted octanol–water partition coefficient (Wildman–Crippen LogP) is 3.26. The van der Waals surface area contributed by atoms with Gasteiger partial charge in [-0.05, 0) is 44.4 Å². The molecule has 0 radical (unpaired) electrons. The summed E-state index contributed by atoms with van der Waals surface area (Å²) in [6, 6.07) is 7.79. The molecular weight excluding hydrogens is 284 g/mol. The first-order valence-electron chi connectivity index (χ1n) is 7.01. The average Bonchev–Trinajstić information content (AvgIpc) is 3.07. The highest BCUT2D eigenvalue weighted by Gasteiger charge is 2.18. The number of carbonyl (C=O) groups excluding carboxylic acids is 1. The summed E-state index contributed by atoms with van der Waals surface area (Å²) in [7, 11) is 0. The van der Waals surface area contributed by atoms with Crippen LogP contribution in [0.4, 0.5) is 0 Å². The SMILES string of the molecule is CC(C)(C)NCC(=O)N(Cc1ccco1)Cc1cccs1. The van der Waals surface area contributed by atoms with Crippen molar-refractivity contribution in [3.05, 3.63) is 46.5 Å². The molecule has 0 saturated carbocycles. The third-order valence-electron chi connectivity index (χ3n) is 2.98. The Labute approximate surface area is 129 Å². The van der Waals surface area contributed by atoms with Crippen LogP contribution in [0.2, 0.25) is 0 Å². The molecule has 2 rings (SSSR count). The number of furan rings is 1. The number of amides is 1. The molecule has 4 nitrogen and oxygen atoms in total. The monoisotopic (exact) mass is 306 g/mol. The Morgan fingerprint density at radius 3 is 2.67 bits per heavy atom. The van der Waals surface area contributed by atoms with Gasteiger partial charge in [0.05, 0.1) is 25.9 Å². The molecule has 0 aliphatic carbocycles. The van der Waals surface area contributed by atoms with E-state index in [9.17, 15) is 4.79 Å². The lowest BCUT2D eigenvalue weighted by molar-refractivity contribution is -0.132. The first-order valence-corrected chi connectivity index (χ1v) is 7.89. The normalized spacial score (nSPS) is 11.6. The maximum atomic E-state index is 12.5. The number of carbonyl (C=O) groups is 1. The van der Waals surface area contributed by atoms with Gasteiger partial charge in [-0.1, -0.05) is 6.07 Å².